The smallest absolute Gasteiger partial charge is 0.225 e. The lowest BCUT2D eigenvalue weighted by molar-refractivity contribution is 0.210. The first kappa shape index (κ1) is 18.7. The van der Waals surface area contributed by atoms with Gasteiger partial charge in [-0.15, -0.1) is 0 Å². The van der Waals surface area contributed by atoms with E-state index in [1.807, 2.05) is 67.6 Å². The minimum atomic E-state index is 0.557. The summed E-state index contributed by atoms with van der Waals surface area (Å²) in [6.45, 7) is 3.84. The van der Waals surface area contributed by atoms with Crippen LogP contribution in [0, 0.1) is 0 Å². The third-order valence-electron chi connectivity index (χ3n) is 3.82. The Kier molecular flexibility index (Phi) is 6.60. The highest BCUT2D eigenvalue weighted by Gasteiger charge is 2.07. The molecule has 140 valence electrons. The number of methoxy groups -OCH3 is 1. The molecule has 0 aliphatic carbocycles. The molecule has 0 atom stereocenters. The number of anilines is 3. The van der Waals surface area contributed by atoms with Crippen LogP contribution in [0.1, 0.15) is 6.92 Å². The number of nitrogens with zero attached hydrogens (tertiary/aromatic N) is 2. The lowest BCUT2D eigenvalue weighted by Gasteiger charge is -2.12. The van der Waals surface area contributed by atoms with Crippen molar-refractivity contribution < 1.29 is 9.47 Å². The second-order valence-electron chi connectivity index (χ2n) is 5.83. The van der Waals surface area contributed by atoms with E-state index in [4.69, 9.17) is 9.47 Å². The summed E-state index contributed by atoms with van der Waals surface area (Å²) in [5.74, 6) is 2.12. The Morgan fingerprint density at radius 2 is 1.74 bits per heavy atom. The Hall–Kier alpha value is -3.12. The van der Waals surface area contributed by atoms with Crippen LogP contribution >= 0.6 is 0 Å². The van der Waals surface area contributed by atoms with Crippen LogP contribution in [0.3, 0.4) is 0 Å². The zero-order valence-electron chi connectivity index (χ0n) is 15.6. The van der Waals surface area contributed by atoms with Crippen LogP contribution < -0.4 is 15.4 Å². The molecule has 0 aliphatic heterocycles. The van der Waals surface area contributed by atoms with Gasteiger partial charge in [0.2, 0.25) is 5.95 Å². The highest BCUT2D eigenvalue weighted by atomic mass is 16.5. The number of aromatic nitrogens is 2. The van der Waals surface area contributed by atoms with E-state index < -0.39 is 0 Å². The van der Waals surface area contributed by atoms with Gasteiger partial charge in [-0.25, -0.2) is 4.98 Å². The predicted molar refractivity (Wildman–Crippen MR) is 109 cm³/mol. The molecular formula is C21H24N4O2. The number of hydrogen-bond donors (Lipinski definition) is 2. The number of ether oxygens (including phenoxy) is 2. The van der Waals surface area contributed by atoms with Crippen molar-refractivity contribution in [1.82, 2.24) is 9.97 Å². The second kappa shape index (κ2) is 9.54. The van der Waals surface area contributed by atoms with Crippen molar-refractivity contribution in [2.75, 3.05) is 37.5 Å². The normalized spacial score (nSPS) is 10.4. The Balaban J connectivity index is 1.85. The first-order valence-electron chi connectivity index (χ1n) is 8.95. The summed E-state index contributed by atoms with van der Waals surface area (Å²) in [5, 5.41) is 6.54. The van der Waals surface area contributed by atoms with Crippen LogP contribution in [0.5, 0.6) is 5.75 Å². The molecule has 0 unspecified atom stereocenters. The molecule has 2 N–H and O–H groups in total. The fourth-order valence-electron chi connectivity index (χ4n) is 2.56. The van der Waals surface area contributed by atoms with Crippen LogP contribution in [0.4, 0.5) is 17.5 Å². The van der Waals surface area contributed by atoms with E-state index in [-0.39, 0.29) is 0 Å². The Morgan fingerprint density at radius 1 is 0.963 bits per heavy atom. The summed E-state index contributed by atoms with van der Waals surface area (Å²) in [7, 11) is 1.67. The molecule has 0 radical (unpaired) electrons. The largest absolute Gasteiger partial charge is 0.494 e. The molecular weight excluding hydrogens is 340 g/mol. The Labute approximate surface area is 159 Å². The first-order chi connectivity index (χ1) is 13.3. The van der Waals surface area contributed by atoms with Crippen LogP contribution in [0.2, 0.25) is 0 Å². The molecule has 3 rings (SSSR count). The molecule has 0 saturated heterocycles. The van der Waals surface area contributed by atoms with E-state index in [1.54, 1.807) is 7.11 Å². The quantitative estimate of drug-likeness (QED) is 0.550. The minimum Gasteiger partial charge on any atom is -0.494 e. The van der Waals surface area contributed by atoms with Crippen molar-refractivity contribution in [1.29, 1.82) is 0 Å². The van der Waals surface area contributed by atoms with Crippen molar-refractivity contribution in [2.24, 2.45) is 0 Å². The molecule has 27 heavy (non-hydrogen) atoms. The number of hydrogen-bond acceptors (Lipinski definition) is 6. The third-order valence-corrected chi connectivity index (χ3v) is 3.82. The van der Waals surface area contributed by atoms with Crippen molar-refractivity contribution in [3.8, 4) is 17.0 Å². The van der Waals surface area contributed by atoms with Crippen molar-refractivity contribution in [2.45, 2.75) is 6.92 Å². The van der Waals surface area contributed by atoms with Gasteiger partial charge in [0.05, 0.1) is 18.9 Å². The molecule has 6 nitrogen and oxygen atoms in total. The summed E-state index contributed by atoms with van der Waals surface area (Å²) in [5.41, 5.74) is 2.81. The van der Waals surface area contributed by atoms with E-state index in [0.29, 0.717) is 31.5 Å². The summed E-state index contributed by atoms with van der Waals surface area (Å²) in [4.78, 5) is 9.18. The van der Waals surface area contributed by atoms with Gasteiger partial charge >= 0.3 is 0 Å². The van der Waals surface area contributed by atoms with Gasteiger partial charge in [-0.3, -0.25) is 0 Å². The van der Waals surface area contributed by atoms with E-state index in [2.05, 4.69) is 20.6 Å². The summed E-state index contributed by atoms with van der Waals surface area (Å²) in [6, 6.07) is 19.8. The standard InChI is InChI=1S/C21H24N4O2/c1-3-27-18-11-9-17(10-12-18)23-20-15-19(16-7-5-4-6-8-16)24-21(25-20)22-13-14-26-2/h4-12,15H,3,13-14H2,1-2H3,(H2,22,23,24,25). The zero-order valence-corrected chi connectivity index (χ0v) is 15.6. The summed E-state index contributed by atoms with van der Waals surface area (Å²) in [6.07, 6.45) is 0. The lowest BCUT2D eigenvalue weighted by Crippen LogP contribution is -2.11. The van der Waals surface area contributed by atoms with Crippen molar-refractivity contribution in [3.05, 3.63) is 60.7 Å². The van der Waals surface area contributed by atoms with Gasteiger partial charge < -0.3 is 20.1 Å². The average Bonchev–Trinajstić information content (AvgIpc) is 2.70. The van der Waals surface area contributed by atoms with Gasteiger partial charge in [-0.05, 0) is 31.2 Å². The molecule has 6 heteroatoms. The van der Waals surface area contributed by atoms with E-state index >= 15 is 0 Å². The van der Waals surface area contributed by atoms with Crippen LogP contribution in [0.15, 0.2) is 60.7 Å². The number of nitrogens with one attached hydrogen (secondary N) is 2. The monoisotopic (exact) mass is 364 g/mol. The third kappa shape index (κ3) is 5.43. The highest BCUT2D eigenvalue weighted by Crippen LogP contribution is 2.24. The average molecular weight is 364 g/mol. The maximum absolute atomic E-state index is 5.49. The van der Waals surface area contributed by atoms with Crippen LogP contribution in [-0.4, -0.2) is 36.8 Å². The number of benzene rings is 2. The fourth-order valence-corrected chi connectivity index (χ4v) is 2.56. The zero-order chi connectivity index (χ0) is 18.9. The molecule has 0 spiro atoms. The van der Waals surface area contributed by atoms with Gasteiger partial charge in [0, 0.05) is 31.0 Å². The second-order valence-corrected chi connectivity index (χ2v) is 5.83. The molecule has 0 aliphatic rings. The Bertz CT molecular complexity index is 839. The maximum Gasteiger partial charge on any atom is 0.225 e. The molecule has 0 saturated carbocycles. The molecule has 3 aromatic rings. The Morgan fingerprint density at radius 3 is 2.44 bits per heavy atom. The van der Waals surface area contributed by atoms with Gasteiger partial charge in [0.25, 0.3) is 0 Å². The fraction of sp³-hybridized carbons (Fsp3) is 0.238. The predicted octanol–water partition coefficient (Wildman–Crippen LogP) is 4.34. The minimum absolute atomic E-state index is 0.557. The molecule has 0 bridgehead atoms. The van der Waals surface area contributed by atoms with Gasteiger partial charge in [-0.1, -0.05) is 30.3 Å². The molecule has 0 fully saturated rings. The molecule has 1 heterocycles. The maximum atomic E-state index is 5.49. The van der Waals surface area contributed by atoms with E-state index in [1.165, 1.54) is 0 Å². The molecule has 1 aromatic heterocycles. The van der Waals surface area contributed by atoms with Crippen molar-refractivity contribution >= 4 is 17.5 Å². The number of rotatable bonds is 9. The topological polar surface area (TPSA) is 68.3 Å². The lowest BCUT2D eigenvalue weighted by atomic mass is 10.1. The first-order valence-corrected chi connectivity index (χ1v) is 8.95. The highest BCUT2D eigenvalue weighted by molar-refractivity contribution is 5.67. The molecule has 0 amide bonds. The van der Waals surface area contributed by atoms with Crippen LogP contribution in [0.25, 0.3) is 11.3 Å². The van der Waals surface area contributed by atoms with Crippen LogP contribution in [-0.2, 0) is 4.74 Å². The summed E-state index contributed by atoms with van der Waals surface area (Å²) < 4.78 is 10.6. The summed E-state index contributed by atoms with van der Waals surface area (Å²) >= 11 is 0. The van der Waals surface area contributed by atoms with Gasteiger partial charge in [0.15, 0.2) is 0 Å². The SMILES string of the molecule is CCOc1ccc(Nc2cc(-c3ccccc3)nc(NCCOC)n2)cc1. The van der Waals surface area contributed by atoms with E-state index in [9.17, 15) is 0 Å². The van der Waals surface area contributed by atoms with Gasteiger partial charge in [-0.2, -0.15) is 4.98 Å². The van der Waals surface area contributed by atoms with Crippen molar-refractivity contribution in [3.63, 3.8) is 0 Å². The molecule has 2 aromatic carbocycles. The van der Waals surface area contributed by atoms with E-state index in [0.717, 1.165) is 22.7 Å². The van der Waals surface area contributed by atoms with Gasteiger partial charge in [0.1, 0.15) is 11.6 Å².